The molecule has 1 unspecified atom stereocenters. The average molecular weight is 642 g/mol. The van der Waals surface area contributed by atoms with Crippen molar-refractivity contribution in [2.75, 3.05) is 52.5 Å². The third kappa shape index (κ3) is 6.22. The van der Waals surface area contributed by atoms with E-state index in [2.05, 4.69) is 17.0 Å². The van der Waals surface area contributed by atoms with Crippen molar-refractivity contribution in [2.24, 2.45) is 0 Å². The quantitative estimate of drug-likeness (QED) is 0.326. The van der Waals surface area contributed by atoms with Gasteiger partial charge in [0.25, 0.3) is 0 Å². The molecular formula is C32H36ClN3O7S. The summed E-state index contributed by atoms with van der Waals surface area (Å²) in [5.41, 5.74) is -0.816. The van der Waals surface area contributed by atoms with E-state index in [1.54, 1.807) is 42.2 Å². The predicted octanol–water partition coefficient (Wildman–Crippen LogP) is 3.67. The van der Waals surface area contributed by atoms with Gasteiger partial charge in [-0.3, -0.25) is 9.69 Å². The number of piperazine rings is 1. The fourth-order valence-electron chi connectivity index (χ4n) is 6.47. The molecule has 0 aromatic heterocycles. The molecule has 0 aliphatic carbocycles. The van der Waals surface area contributed by atoms with Crippen LogP contribution in [-0.4, -0.2) is 98.3 Å². The van der Waals surface area contributed by atoms with E-state index in [1.807, 2.05) is 18.2 Å². The third-order valence-electron chi connectivity index (χ3n) is 8.66. The maximum absolute atomic E-state index is 14.0. The molecule has 234 valence electrons. The van der Waals surface area contributed by atoms with Crippen molar-refractivity contribution in [3.8, 4) is 0 Å². The minimum absolute atomic E-state index is 0.0677. The van der Waals surface area contributed by atoms with E-state index in [0.29, 0.717) is 29.8 Å². The summed E-state index contributed by atoms with van der Waals surface area (Å²) in [6, 6.07) is 20.3. The Morgan fingerprint density at radius 2 is 1.73 bits per heavy atom. The van der Waals surface area contributed by atoms with Gasteiger partial charge in [-0.05, 0) is 60.4 Å². The van der Waals surface area contributed by atoms with Crippen LogP contribution in [0.15, 0.2) is 71.6 Å². The van der Waals surface area contributed by atoms with Crippen LogP contribution in [0, 0.1) is 0 Å². The lowest BCUT2D eigenvalue weighted by Gasteiger charge is -2.44. The van der Waals surface area contributed by atoms with Gasteiger partial charge >= 0.3 is 5.97 Å². The molecule has 3 aromatic rings. The fourth-order valence-corrected chi connectivity index (χ4v) is 8.11. The van der Waals surface area contributed by atoms with Gasteiger partial charge < -0.3 is 19.1 Å². The van der Waals surface area contributed by atoms with Crippen molar-refractivity contribution in [1.82, 2.24) is 14.1 Å². The summed E-state index contributed by atoms with van der Waals surface area (Å²) in [6.07, 6.45) is 1.34. The van der Waals surface area contributed by atoms with Crippen LogP contribution in [0.3, 0.4) is 0 Å². The molecule has 1 spiro atoms. The van der Waals surface area contributed by atoms with E-state index in [0.717, 1.165) is 25.0 Å². The van der Waals surface area contributed by atoms with Crippen LogP contribution in [0.25, 0.3) is 10.8 Å². The minimum Gasteiger partial charge on any atom is -0.464 e. The molecule has 0 bridgehead atoms. The number of ether oxygens (including phenoxy) is 3. The Morgan fingerprint density at radius 3 is 2.48 bits per heavy atom. The van der Waals surface area contributed by atoms with Gasteiger partial charge in [0, 0.05) is 24.7 Å². The van der Waals surface area contributed by atoms with Crippen LogP contribution in [0.4, 0.5) is 0 Å². The van der Waals surface area contributed by atoms with Crippen molar-refractivity contribution >= 4 is 44.3 Å². The highest BCUT2D eigenvalue weighted by Crippen LogP contribution is 2.44. The van der Waals surface area contributed by atoms with Crippen LogP contribution in [0.2, 0.25) is 5.02 Å². The van der Waals surface area contributed by atoms with E-state index in [4.69, 9.17) is 25.8 Å². The summed E-state index contributed by atoms with van der Waals surface area (Å²) in [4.78, 5) is 29.8. The van der Waals surface area contributed by atoms with Crippen molar-refractivity contribution in [2.45, 2.75) is 42.5 Å². The first-order valence-corrected chi connectivity index (χ1v) is 16.6. The summed E-state index contributed by atoms with van der Waals surface area (Å²) in [7, 11) is -4.09. The standard InChI is InChI=1S/C32H36ClN3O7S/c1-2-42-30(38)20-41-23-32-22-35(44(39,40)28-11-9-25-16-27(33)10-8-26(25)17-28)19-29(37)36(32)21-31(43-32)12-14-34(15-13-31)18-24-6-4-3-5-7-24/h3-11,16-17H,2,12-15,18-23H2,1H3. The Kier molecular flexibility index (Phi) is 8.71. The molecule has 12 heteroatoms. The second-order valence-electron chi connectivity index (χ2n) is 11.7. The Bertz CT molecular complexity index is 1650. The van der Waals surface area contributed by atoms with Gasteiger partial charge in [0.05, 0.1) is 43.3 Å². The lowest BCUT2D eigenvalue weighted by molar-refractivity contribution is -0.202. The van der Waals surface area contributed by atoms with Gasteiger partial charge in [-0.1, -0.05) is 54.1 Å². The van der Waals surface area contributed by atoms with E-state index >= 15 is 0 Å². The zero-order valence-corrected chi connectivity index (χ0v) is 26.2. The number of hydrogen-bond acceptors (Lipinski definition) is 8. The zero-order valence-electron chi connectivity index (χ0n) is 24.6. The maximum atomic E-state index is 14.0. The van der Waals surface area contributed by atoms with Crippen LogP contribution in [-0.2, 0) is 40.4 Å². The highest BCUT2D eigenvalue weighted by atomic mass is 35.5. The fraction of sp³-hybridized carbons (Fsp3) is 0.438. The van der Waals surface area contributed by atoms with Gasteiger partial charge in [-0.2, -0.15) is 4.31 Å². The first-order valence-electron chi connectivity index (χ1n) is 14.8. The van der Waals surface area contributed by atoms with Crippen LogP contribution < -0.4 is 0 Å². The molecule has 3 fully saturated rings. The Balaban J connectivity index is 1.25. The highest BCUT2D eigenvalue weighted by Gasteiger charge is 2.61. The number of piperidine rings is 1. The monoisotopic (exact) mass is 641 g/mol. The van der Waals surface area contributed by atoms with Crippen molar-refractivity contribution in [1.29, 1.82) is 0 Å². The molecular weight excluding hydrogens is 606 g/mol. The highest BCUT2D eigenvalue weighted by molar-refractivity contribution is 7.89. The number of hydrogen-bond donors (Lipinski definition) is 0. The summed E-state index contributed by atoms with van der Waals surface area (Å²) >= 11 is 6.11. The smallest absolute Gasteiger partial charge is 0.332 e. The molecule has 10 nitrogen and oxygen atoms in total. The molecule has 3 aromatic carbocycles. The molecule has 3 aliphatic rings. The molecule has 0 saturated carbocycles. The SMILES string of the molecule is CCOC(=O)COCC12CN(S(=O)(=O)c3ccc4cc(Cl)ccc4c3)CC(=O)N1CC1(CCN(Cc3ccccc3)CC1)O2. The second kappa shape index (κ2) is 12.4. The number of benzene rings is 3. The topological polar surface area (TPSA) is 106 Å². The van der Waals surface area contributed by atoms with E-state index < -0.39 is 27.3 Å². The van der Waals surface area contributed by atoms with Gasteiger partial charge in [0.2, 0.25) is 15.9 Å². The zero-order chi connectivity index (χ0) is 31.0. The van der Waals surface area contributed by atoms with E-state index in [9.17, 15) is 18.0 Å². The molecule has 3 aliphatic heterocycles. The molecule has 6 rings (SSSR count). The number of likely N-dealkylation sites (tertiary alicyclic amines) is 1. The Morgan fingerprint density at radius 1 is 1.00 bits per heavy atom. The van der Waals surface area contributed by atoms with Gasteiger partial charge in [-0.25, -0.2) is 13.2 Å². The van der Waals surface area contributed by atoms with Crippen LogP contribution in [0.1, 0.15) is 25.3 Å². The van der Waals surface area contributed by atoms with Crippen LogP contribution >= 0.6 is 11.6 Å². The number of nitrogens with zero attached hydrogens (tertiary/aromatic N) is 3. The van der Waals surface area contributed by atoms with Gasteiger partial charge in [-0.15, -0.1) is 0 Å². The van der Waals surface area contributed by atoms with E-state index in [-0.39, 0.29) is 43.7 Å². The number of sulfonamides is 1. The summed E-state index contributed by atoms with van der Waals surface area (Å²) in [5.74, 6) is -0.906. The van der Waals surface area contributed by atoms with Crippen LogP contribution in [0.5, 0.6) is 0 Å². The lowest BCUT2D eigenvalue weighted by atomic mass is 9.91. The molecule has 1 atom stereocenters. The number of esters is 1. The second-order valence-corrected chi connectivity index (χ2v) is 14.1. The van der Waals surface area contributed by atoms with E-state index in [1.165, 1.54) is 15.9 Å². The first kappa shape index (κ1) is 30.9. The van der Waals surface area contributed by atoms with Crippen molar-refractivity contribution in [3.05, 3.63) is 77.3 Å². The molecule has 0 N–H and O–H groups in total. The average Bonchev–Trinajstić information content (AvgIpc) is 3.33. The summed E-state index contributed by atoms with van der Waals surface area (Å²) < 4.78 is 46.7. The third-order valence-corrected chi connectivity index (χ3v) is 10.7. The number of fused-ring (bicyclic) bond motifs is 2. The minimum atomic E-state index is -4.09. The number of halogens is 1. The molecule has 44 heavy (non-hydrogen) atoms. The molecule has 1 amide bonds. The normalized spacial score (nSPS) is 22.4. The predicted molar refractivity (Wildman–Crippen MR) is 164 cm³/mol. The number of carbonyl (C=O) groups is 2. The number of amides is 1. The summed E-state index contributed by atoms with van der Waals surface area (Å²) in [6.45, 7) is 3.64. The lowest BCUT2D eigenvalue weighted by Crippen LogP contribution is -2.65. The number of rotatable bonds is 9. The molecule has 0 radical (unpaired) electrons. The Labute approximate surface area is 262 Å². The largest absolute Gasteiger partial charge is 0.464 e. The van der Waals surface area contributed by atoms with Gasteiger partial charge in [0.15, 0.2) is 5.72 Å². The molecule has 3 heterocycles. The molecule has 3 saturated heterocycles. The summed E-state index contributed by atoms with van der Waals surface area (Å²) in [5, 5.41) is 2.07. The van der Waals surface area contributed by atoms with Crippen molar-refractivity contribution < 1.29 is 32.2 Å². The van der Waals surface area contributed by atoms with Gasteiger partial charge in [0.1, 0.15) is 6.61 Å². The van der Waals surface area contributed by atoms with Crippen molar-refractivity contribution in [3.63, 3.8) is 0 Å². The Hall–Kier alpha value is -3.06. The maximum Gasteiger partial charge on any atom is 0.332 e. The first-order chi connectivity index (χ1) is 21.1. The number of carbonyl (C=O) groups excluding carboxylic acids is 2.